The number of amides is 1. The van der Waals surface area contributed by atoms with Crippen molar-refractivity contribution < 1.29 is 24.2 Å². The second-order valence-electron chi connectivity index (χ2n) is 4.70. The number of carbonyl (C=O) groups excluding carboxylic acids is 1. The highest BCUT2D eigenvalue weighted by molar-refractivity contribution is 5.77. The summed E-state index contributed by atoms with van der Waals surface area (Å²) in [7, 11) is 3.39. The number of hydrogen-bond donors (Lipinski definition) is 2. The van der Waals surface area contributed by atoms with E-state index in [0.29, 0.717) is 32.5 Å². The molecule has 1 amide bonds. The Morgan fingerprint density at radius 2 is 2.21 bits per heavy atom. The van der Waals surface area contributed by atoms with Gasteiger partial charge < -0.3 is 19.9 Å². The van der Waals surface area contributed by atoms with E-state index in [1.807, 2.05) is 11.9 Å². The summed E-state index contributed by atoms with van der Waals surface area (Å²) < 4.78 is 10.2. The molecule has 1 rings (SSSR count). The molecule has 2 N–H and O–H groups in total. The minimum absolute atomic E-state index is 0.0765. The molecule has 2 atom stereocenters. The summed E-state index contributed by atoms with van der Waals surface area (Å²) in [5, 5.41) is 11.5. The predicted molar refractivity (Wildman–Crippen MR) is 67.9 cm³/mol. The molecule has 0 spiro atoms. The average molecular weight is 274 g/mol. The zero-order valence-corrected chi connectivity index (χ0v) is 11.4. The van der Waals surface area contributed by atoms with Crippen LogP contribution in [0.1, 0.15) is 12.8 Å². The largest absolute Gasteiger partial charge is 0.479 e. The van der Waals surface area contributed by atoms with Crippen molar-refractivity contribution in [2.45, 2.75) is 25.0 Å². The van der Waals surface area contributed by atoms with Gasteiger partial charge in [0.1, 0.15) is 0 Å². The molecule has 0 radical (unpaired) electrons. The fraction of sp³-hybridized carbons (Fsp3) is 0.833. The van der Waals surface area contributed by atoms with E-state index < -0.39 is 12.1 Å². The minimum atomic E-state index is -0.914. The lowest BCUT2D eigenvalue weighted by Gasteiger charge is -2.20. The molecule has 19 heavy (non-hydrogen) atoms. The van der Waals surface area contributed by atoms with Gasteiger partial charge in [-0.1, -0.05) is 0 Å². The number of methoxy groups -OCH3 is 1. The number of hydrogen-bond acceptors (Lipinski definition) is 5. The third-order valence-electron chi connectivity index (χ3n) is 2.94. The van der Waals surface area contributed by atoms with Crippen molar-refractivity contribution in [3.63, 3.8) is 0 Å². The van der Waals surface area contributed by atoms with Gasteiger partial charge in [-0.05, 0) is 19.9 Å². The van der Waals surface area contributed by atoms with Crippen LogP contribution in [-0.2, 0) is 19.1 Å². The summed E-state index contributed by atoms with van der Waals surface area (Å²) in [4.78, 5) is 24.1. The van der Waals surface area contributed by atoms with Crippen molar-refractivity contribution in [1.82, 2.24) is 10.2 Å². The molecule has 1 aliphatic heterocycles. The van der Waals surface area contributed by atoms with Crippen LogP contribution in [0.5, 0.6) is 0 Å². The zero-order chi connectivity index (χ0) is 14.3. The molecule has 0 aromatic carbocycles. The molecule has 0 saturated carbocycles. The lowest BCUT2D eigenvalue weighted by Crippen LogP contribution is -2.39. The molecule has 7 nitrogen and oxygen atoms in total. The van der Waals surface area contributed by atoms with Gasteiger partial charge in [0.2, 0.25) is 5.91 Å². The number of rotatable bonds is 8. The van der Waals surface area contributed by atoms with E-state index in [-0.39, 0.29) is 18.6 Å². The van der Waals surface area contributed by atoms with Gasteiger partial charge in [-0.15, -0.1) is 0 Å². The number of carboxylic acid groups (broad SMARTS) is 1. The van der Waals surface area contributed by atoms with Crippen LogP contribution < -0.4 is 5.32 Å². The Labute approximate surface area is 112 Å². The summed E-state index contributed by atoms with van der Waals surface area (Å²) in [6.45, 7) is 1.80. The molecule has 0 aliphatic carbocycles. The molecule has 0 bridgehead atoms. The molecule has 0 aromatic heterocycles. The maximum atomic E-state index is 11.5. The van der Waals surface area contributed by atoms with E-state index in [0.717, 1.165) is 0 Å². The van der Waals surface area contributed by atoms with Gasteiger partial charge in [-0.2, -0.15) is 0 Å². The van der Waals surface area contributed by atoms with E-state index >= 15 is 0 Å². The van der Waals surface area contributed by atoms with Crippen LogP contribution in [0.15, 0.2) is 0 Å². The number of ether oxygens (including phenoxy) is 2. The first-order valence-electron chi connectivity index (χ1n) is 6.35. The highest BCUT2D eigenvalue weighted by Gasteiger charge is 2.31. The van der Waals surface area contributed by atoms with Crippen LogP contribution >= 0.6 is 0 Å². The number of nitrogens with zero attached hydrogens (tertiary/aromatic N) is 1. The van der Waals surface area contributed by atoms with E-state index in [2.05, 4.69) is 5.32 Å². The van der Waals surface area contributed by atoms with Crippen molar-refractivity contribution in [1.29, 1.82) is 0 Å². The molecule has 1 aliphatic rings. The van der Waals surface area contributed by atoms with Gasteiger partial charge in [-0.25, -0.2) is 4.79 Å². The Bertz CT molecular complexity index is 310. The Hall–Kier alpha value is -1.18. The maximum absolute atomic E-state index is 11.5. The van der Waals surface area contributed by atoms with E-state index in [4.69, 9.17) is 14.6 Å². The normalized spacial score (nSPS) is 22.7. The molecule has 0 aromatic rings. The van der Waals surface area contributed by atoms with Crippen LogP contribution in [0, 0.1) is 0 Å². The van der Waals surface area contributed by atoms with Gasteiger partial charge >= 0.3 is 5.97 Å². The van der Waals surface area contributed by atoms with Crippen molar-refractivity contribution in [3.05, 3.63) is 0 Å². The number of nitrogens with one attached hydrogen (secondary N) is 1. The quantitative estimate of drug-likeness (QED) is 0.570. The van der Waals surface area contributed by atoms with Crippen molar-refractivity contribution in [2.24, 2.45) is 0 Å². The summed E-state index contributed by atoms with van der Waals surface area (Å²) in [6, 6.07) is 0. The van der Waals surface area contributed by atoms with Crippen LogP contribution in [0.3, 0.4) is 0 Å². The lowest BCUT2D eigenvalue weighted by molar-refractivity contribution is -0.149. The van der Waals surface area contributed by atoms with Gasteiger partial charge in [0.05, 0.1) is 19.3 Å². The minimum Gasteiger partial charge on any atom is -0.479 e. The monoisotopic (exact) mass is 274 g/mol. The Balaban J connectivity index is 2.19. The number of aliphatic carboxylic acids is 1. The highest BCUT2D eigenvalue weighted by atomic mass is 16.5. The smallest absolute Gasteiger partial charge is 0.332 e. The van der Waals surface area contributed by atoms with Gasteiger partial charge in [-0.3, -0.25) is 9.69 Å². The maximum Gasteiger partial charge on any atom is 0.332 e. The summed E-state index contributed by atoms with van der Waals surface area (Å²) in [5.74, 6) is -0.991. The lowest BCUT2D eigenvalue weighted by atomic mass is 10.2. The van der Waals surface area contributed by atoms with Crippen LogP contribution in [0.25, 0.3) is 0 Å². The first kappa shape index (κ1) is 15.9. The molecule has 1 saturated heterocycles. The van der Waals surface area contributed by atoms with Crippen LogP contribution in [0.4, 0.5) is 0 Å². The Kier molecular flexibility index (Phi) is 6.75. The topological polar surface area (TPSA) is 88.1 Å². The molecule has 110 valence electrons. The van der Waals surface area contributed by atoms with Crippen molar-refractivity contribution in [3.8, 4) is 0 Å². The van der Waals surface area contributed by atoms with Crippen LogP contribution in [-0.4, -0.2) is 74.5 Å². The number of carbonyl (C=O) groups is 2. The average Bonchev–Trinajstić information content (AvgIpc) is 2.77. The fourth-order valence-electron chi connectivity index (χ4n) is 2.03. The number of likely N-dealkylation sites (N-methyl/N-ethyl adjacent to an activating group) is 1. The second-order valence-corrected chi connectivity index (χ2v) is 4.70. The standard InChI is InChI=1S/C12H22N2O5/c1-14(8-11(15)13-5-6-18-2)7-9-3-4-10(19-9)12(16)17/h9-10H,3-8H2,1-2H3,(H,13,15)(H,16,17). The predicted octanol–water partition coefficient (Wildman–Crippen LogP) is -0.687. The first-order chi connectivity index (χ1) is 9.02. The summed E-state index contributed by atoms with van der Waals surface area (Å²) in [6.07, 6.45) is 0.437. The van der Waals surface area contributed by atoms with Crippen molar-refractivity contribution >= 4 is 11.9 Å². The third kappa shape index (κ3) is 6.00. The first-order valence-corrected chi connectivity index (χ1v) is 6.35. The second kappa shape index (κ2) is 8.08. The molecule has 1 heterocycles. The van der Waals surface area contributed by atoms with Gasteiger partial charge in [0, 0.05) is 20.2 Å². The van der Waals surface area contributed by atoms with Crippen LogP contribution in [0.2, 0.25) is 0 Å². The SMILES string of the molecule is COCCNC(=O)CN(C)CC1CCC(C(=O)O)O1. The summed E-state index contributed by atoms with van der Waals surface area (Å²) >= 11 is 0. The third-order valence-corrected chi connectivity index (χ3v) is 2.94. The molecular formula is C12H22N2O5. The van der Waals surface area contributed by atoms with Crippen molar-refractivity contribution in [2.75, 3.05) is 40.4 Å². The van der Waals surface area contributed by atoms with E-state index in [9.17, 15) is 9.59 Å². The highest BCUT2D eigenvalue weighted by Crippen LogP contribution is 2.20. The van der Waals surface area contributed by atoms with E-state index in [1.54, 1.807) is 7.11 Å². The summed E-state index contributed by atoms with van der Waals surface area (Å²) in [5.41, 5.74) is 0. The molecular weight excluding hydrogens is 252 g/mol. The Morgan fingerprint density at radius 1 is 1.47 bits per heavy atom. The molecule has 1 fully saturated rings. The molecule has 2 unspecified atom stereocenters. The number of carboxylic acids is 1. The molecule has 7 heteroatoms. The Morgan fingerprint density at radius 3 is 2.79 bits per heavy atom. The van der Waals surface area contributed by atoms with Gasteiger partial charge in [0.15, 0.2) is 6.10 Å². The fourth-order valence-corrected chi connectivity index (χ4v) is 2.03. The zero-order valence-electron chi connectivity index (χ0n) is 11.4. The van der Waals surface area contributed by atoms with E-state index in [1.165, 1.54) is 0 Å². The van der Waals surface area contributed by atoms with Gasteiger partial charge in [0.25, 0.3) is 0 Å².